The van der Waals surface area contributed by atoms with Gasteiger partial charge in [-0.25, -0.2) is 4.98 Å². The van der Waals surface area contributed by atoms with Crippen LogP contribution in [0.4, 0.5) is 0 Å². The molecule has 1 aromatic heterocycles. The van der Waals surface area contributed by atoms with Crippen molar-refractivity contribution < 1.29 is 0 Å². The van der Waals surface area contributed by atoms with Crippen LogP contribution in [-0.2, 0) is 5.41 Å². The standard InChI is InChI=1S/C9H11N3OS/c1-9(2,3)7-5-14-8(11-7)6(4-10)12-13/h5,10H,1-3H3. The van der Waals surface area contributed by atoms with Gasteiger partial charge >= 0.3 is 0 Å². The van der Waals surface area contributed by atoms with Gasteiger partial charge in [-0.1, -0.05) is 20.8 Å². The Bertz CT molecular complexity index is 396. The molecule has 1 N–H and O–H groups in total. The van der Waals surface area contributed by atoms with Gasteiger partial charge in [0.1, 0.15) is 0 Å². The first kappa shape index (κ1) is 10.8. The SMILES string of the molecule is CC(C)(C)c1csc(C(=C=N)N=O)n1. The fraction of sp³-hybridized carbons (Fsp3) is 0.444. The Morgan fingerprint density at radius 2 is 2.29 bits per heavy atom. The third kappa shape index (κ3) is 2.13. The third-order valence-electron chi connectivity index (χ3n) is 1.68. The van der Waals surface area contributed by atoms with Gasteiger partial charge < -0.3 is 0 Å². The molecule has 0 fully saturated rings. The summed E-state index contributed by atoms with van der Waals surface area (Å²) in [7, 11) is 0. The van der Waals surface area contributed by atoms with E-state index < -0.39 is 0 Å². The van der Waals surface area contributed by atoms with Crippen LogP contribution in [0.15, 0.2) is 10.6 Å². The molecule has 0 aliphatic rings. The Hall–Kier alpha value is -1.32. The number of nitrogens with one attached hydrogen (secondary N) is 1. The summed E-state index contributed by atoms with van der Waals surface area (Å²) >= 11 is 1.31. The van der Waals surface area contributed by atoms with Crippen LogP contribution in [0.3, 0.4) is 0 Å². The molecule has 0 unspecified atom stereocenters. The van der Waals surface area contributed by atoms with Crippen molar-refractivity contribution in [1.82, 2.24) is 4.98 Å². The zero-order chi connectivity index (χ0) is 10.8. The maximum atomic E-state index is 10.3. The van der Waals surface area contributed by atoms with Crippen LogP contribution in [0.1, 0.15) is 31.5 Å². The second-order valence-corrected chi connectivity index (χ2v) is 4.71. The summed E-state index contributed by atoms with van der Waals surface area (Å²) < 4.78 is 0. The minimum Gasteiger partial charge on any atom is -0.257 e. The highest BCUT2D eigenvalue weighted by Crippen LogP contribution is 2.26. The van der Waals surface area contributed by atoms with Crippen LogP contribution < -0.4 is 0 Å². The van der Waals surface area contributed by atoms with Crippen LogP contribution in [-0.4, -0.2) is 10.9 Å². The molecule has 0 radical (unpaired) electrons. The molecular weight excluding hydrogens is 198 g/mol. The van der Waals surface area contributed by atoms with E-state index in [1.807, 2.05) is 32.0 Å². The van der Waals surface area contributed by atoms with Crippen molar-refractivity contribution in [1.29, 1.82) is 5.41 Å². The molecule has 0 aromatic carbocycles. The van der Waals surface area contributed by atoms with Crippen LogP contribution in [0, 0.1) is 10.3 Å². The first-order valence-corrected chi connectivity index (χ1v) is 4.96. The maximum absolute atomic E-state index is 10.3. The van der Waals surface area contributed by atoms with Crippen LogP contribution in [0.5, 0.6) is 0 Å². The second-order valence-electron chi connectivity index (χ2n) is 3.85. The number of hydrogen-bond donors (Lipinski definition) is 1. The van der Waals surface area contributed by atoms with Gasteiger partial charge in [-0.15, -0.1) is 16.2 Å². The van der Waals surface area contributed by atoms with Crippen molar-refractivity contribution in [2.75, 3.05) is 0 Å². The molecule has 1 aromatic rings. The molecule has 74 valence electrons. The molecule has 14 heavy (non-hydrogen) atoms. The van der Waals surface area contributed by atoms with Gasteiger partial charge in [-0.3, -0.25) is 5.41 Å². The molecular formula is C9H11N3OS. The molecule has 0 aliphatic heterocycles. The number of aromatic nitrogens is 1. The first-order valence-electron chi connectivity index (χ1n) is 4.08. The third-order valence-corrected chi connectivity index (χ3v) is 2.53. The van der Waals surface area contributed by atoms with Gasteiger partial charge in [0.05, 0.1) is 5.69 Å². The Morgan fingerprint density at radius 3 is 2.64 bits per heavy atom. The molecule has 1 heterocycles. The lowest BCUT2D eigenvalue weighted by Crippen LogP contribution is -2.11. The number of thiazole rings is 1. The van der Waals surface area contributed by atoms with E-state index in [0.29, 0.717) is 5.01 Å². The Balaban J connectivity index is 3.11. The van der Waals surface area contributed by atoms with Gasteiger partial charge in [0.2, 0.25) is 5.70 Å². The van der Waals surface area contributed by atoms with Crippen molar-refractivity contribution in [2.45, 2.75) is 26.2 Å². The molecule has 0 saturated carbocycles. The molecule has 0 atom stereocenters. The topological polar surface area (TPSA) is 66.2 Å². The fourth-order valence-electron chi connectivity index (χ4n) is 0.842. The summed E-state index contributed by atoms with van der Waals surface area (Å²) in [6.07, 6.45) is 0. The Labute approximate surface area is 86.2 Å². The Morgan fingerprint density at radius 1 is 1.64 bits per heavy atom. The highest BCUT2D eigenvalue weighted by Gasteiger charge is 2.18. The Kier molecular flexibility index (Phi) is 2.93. The monoisotopic (exact) mass is 209 g/mol. The lowest BCUT2D eigenvalue weighted by atomic mass is 9.93. The molecule has 0 amide bonds. The van der Waals surface area contributed by atoms with Gasteiger partial charge in [0, 0.05) is 16.7 Å². The van der Waals surface area contributed by atoms with Crippen molar-refractivity contribution in [3.63, 3.8) is 0 Å². The second kappa shape index (κ2) is 3.82. The van der Waals surface area contributed by atoms with Crippen LogP contribution in [0.2, 0.25) is 0 Å². The zero-order valence-corrected chi connectivity index (χ0v) is 9.10. The number of nitroso groups, excluding NO2 is 1. The van der Waals surface area contributed by atoms with E-state index in [-0.39, 0.29) is 11.1 Å². The molecule has 5 heteroatoms. The summed E-state index contributed by atoms with van der Waals surface area (Å²) in [4.78, 5) is 14.5. The molecule has 0 saturated heterocycles. The van der Waals surface area contributed by atoms with E-state index in [4.69, 9.17) is 5.41 Å². The number of rotatable bonds is 2. The normalized spacial score (nSPS) is 10.8. The van der Waals surface area contributed by atoms with E-state index in [0.717, 1.165) is 5.69 Å². The molecule has 0 aliphatic carbocycles. The van der Waals surface area contributed by atoms with Gasteiger partial charge in [0.15, 0.2) is 5.01 Å². The number of nitrogens with zero attached hydrogens (tertiary/aromatic N) is 2. The van der Waals surface area contributed by atoms with E-state index in [1.54, 1.807) is 0 Å². The quantitative estimate of drug-likeness (QED) is 0.601. The fourth-order valence-corrected chi connectivity index (χ4v) is 1.82. The molecule has 1 rings (SSSR count). The average Bonchev–Trinajstić information content (AvgIpc) is 2.54. The van der Waals surface area contributed by atoms with Crippen LogP contribution in [0.25, 0.3) is 5.70 Å². The minimum absolute atomic E-state index is 0.0366. The van der Waals surface area contributed by atoms with E-state index in [2.05, 4.69) is 10.2 Å². The summed E-state index contributed by atoms with van der Waals surface area (Å²) in [5, 5.41) is 11.9. The first-order chi connectivity index (χ1) is 6.49. The smallest absolute Gasteiger partial charge is 0.204 e. The lowest BCUT2D eigenvalue weighted by Gasteiger charge is -2.13. The van der Waals surface area contributed by atoms with Gasteiger partial charge in [-0.05, 0) is 5.18 Å². The van der Waals surface area contributed by atoms with E-state index in [9.17, 15) is 4.91 Å². The predicted molar refractivity (Wildman–Crippen MR) is 57.7 cm³/mol. The molecule has 0 bridgehead atoms. The van der Waals surface area contributed by atoms with E-state index in [1.165, 1.54) is 11.3 Å². The molecule has 4 nitrogen and oxygen atoms in total. The summed E-state index contributed by atoms with van der Waals surface area (Å²) in [5.74, 6) is 1.97. The zero-order valence-electron chi connectivity index (χ0n) is 8.29. The average molecular weight is 209 g/mol. The lowest BCUT2D eigenvalue weighted by molar-refractivity contribution is 0.572. The largest absolute Gasteiger partial charge is 0.257 e. The summed E-state index contributed by atoms with van der Waals surface area (Å²) in [6.45, 7) is 6.11. The highest BCUT2D eigenvalue weighted by molar-refractivity contribution is 7.10. The van der Waals surface area contributed by atoms with Crippen molar-refractivity contribution in [2.24, 2.45) is 5.18 Å². The highest BCUT2D eigenvalue weighted by atomic mass is 32.1. The van der Waals surface area contributed by atoms with Gasteiger partial charge in [-0.2, -0.15) is 0 Å². The van der Waals surface area contributed by atoms with Crippen molar-refractivity contribution in [3.8, 4) is 0 Å². The van der Waals surface area contributed by atoms with Gasteiger partial charge in [0.25, 0.3) is 0 Å². The van der Waals surface area contributed by atoms with Crippen molar-refractivity contribution in [3.05, 3.63) is 21.0 Å². The predicted octanol–water partition coefficient (Wildman–Crippen LogP) is 2.80. The van der Waals surface area contributed by atoms with E-state index >= 15 is 0 Å². The van der Waals surface area contributed by atoms with Crippen molar-refractivity contribution >= 4 is 22.9 Å². The maximum Gasteiger partial charge on any atom is 0.204 e. The minimum atomic E-state index is -0.0508. The number of hydrogen-bond acceptors (Lipinski definition) is 5. The summed E-state index contributed by atoms with van der Waals surface area (Å²) in [5.41, 5.74) is 0.810. The molecule has 0 spiro atoms. The summed E-state index contributed by atoms with van der Waals surface area (Å²) in [6, 6.07) is 0. The van der Waals surface area contributed by atoms with Crippen LogP contribution >= 0.6 is 11.3 Å².